The molecule has 0 saturated carbocycles. The molecule has 0 amide bonds. The number of hydrogen-bond donors (Lipinski definition) is 5. The average molecular weight is 509 g/mol. The zero-order valence-corrected chi connectivity index (χ0v) is 20.3. The molecule has 4 atom stereocenters. The van der Waals surface area contributed by atoms with Gasteiger partial charge >= 0.3 is 0 Å². The first-order valence-electron chi connectivity index (χ1n) is 11.6. The van der Waals surface area contributed by atoms with E-state index in [1.807, 2.05) is 18.2 Å². The quantitative estimate of drug-likeness (QED) is 0.212. The Morgan fingerprint density at radius 3 is 2.69 bits per heavy atom. The van der Waals surface area contributed by atoms with E-state index in [1.54, 1.807) is 28.5 Å². The Hall–Kier alpha value is -3.22. The van der Waals surface area contributed by atoms with E-state index in [9.17, 15) is 15.3 Å². The van der Waals surface area contributed by atoms with Crippen molar-refractivity contribution in [3.8, 4) is 16.9 Å². The highest BCUT2D eigenvalue weighted by Crippen LogP contribution is 2.33. The molecule has 0 radical (unpaired) electrons. The van der Waals surface area contributed by atoms with Crippen LogP contribution >= 0.6 is 11.8 Å². The number of aliphatic hydroxyl groups excluding tert-OH is 2. The van der Waals surface area contributed by atoms with Crippen LogP contribution in [-0.4, -0.2) is 71.2 Å². The maximum Gasteiger partial charge on any atom is 0.167 e. The van der Waals surface area contributed by atoms with Crippen molar-refractivity contribution < 1.29 is 20.1 Å². The second-order valence-electron chi connectivity index (χ2n) is 8.63. The van der Waals surface area contributed by atoms with E-state index in [-0.39, 0.29) is 11.6 Å². The van der Waals surface area contributed by atoms with Gasteiger partial charge in [0.15, 0.2) is 17.7 Å². The summed E-state index contributed by atoms with van der Waals surface area (Å²) >= 11 is 1.65. The van der Waals surface area contributed by atoms with Gasteiger partial charge in [-0.3, -0.25) is 4.57 Å². The van der Waals surface area contributed by atoms with Crippen molar-refractivity contribution in [2.24, 2.45) is 0 Å². The van der Waals surface area contributed by atoms with Crippen molar-refractivity contribution in [3.63, 3.8) is 0 Å². The van der Waals surface area contributed by atoms with Crippen molar-refractivity contribution in [3.05, 3.63) is 66.7 Å². The van der Waals surface area contributed by atoms with Gasteiger partial charge in [-0.05, 0) is 34.9 Å². The maximum atomic E-state index is 10.6. The minimum absolute atomic E-state index is 0.249. The molecule has 1 aliphatic heterocycles. The minimum atomic E-state index is -1.11. The third kappa shape index (κ3) is 5.15. The number of nitrogens with zero attached hydrogens (tertiary/aromatic N) is 4. The van der Waals surface area contributed by atoms with Crippen molar-refractivity contribution in [1.29, 1.82) is 0 Å². The van der Waals surface area contributed by atoms with Gasteiger partial charge in [-0.15, -0.1) is 0 Å². The summed E-state index contributed by atoms with van der Waals surface area (Å²) in [5.41, 5.74) is 10.0. The summed E-state index contributed by atoms with van der Waals surface area (Å²) in [7, 11) is 0. The van der Waals surface area contributed by atoms with E-state index in [0.717, 1.165) is 30.0 Å². The van der Waals surface area contributed by atoms with Crippen LogP contribution in [0, 0.1) is 0 Å². The second kappa shape index (κ2) is 10.8. The van der Waals surface area contributed by atoms with Gasteiger partial charge in [-0.1, -0.05) is 30.3 Å². The highest BCUT2D eigenvalue weighted by atomic mass is 32.2. The molecule has 1 aliphatic rings. The predicted octanol–water partition coefficient (Wildman–Crippen LogP) is 1.92. The molecule has 3 heterocycles. The number of ether oxygens (including phenoxy) is 1. The van der Waals surface area contributed by atoms with Crippen molar-refractivity contribution in [2.45, 2.75) is 31.1 Å². The lowest BCUT2D eigenvalue weighted by Gasteiger charge is -2.16. The van der Waals surface area contributed by atoms with Gasteiger partial charge < -0.3 is 31.1 Å². The predicted molar refractivity (Wildman–Crippen MR) is 138 cm³/mol. The van der Waals surface area contributed by atoms with E-state index < -0.39 is 24.5 Å². The number of aliphatic hydroxyl groups is 2. The van der Waals surface area contributed by atoms with Gasteiger partial charge in [-0.25, -0.2) is 15.0 Å². The van der Waals surface area contributed by atoms with Crippen molar-refractivity contribution >= 4 is 28.7 Å². The lowest BCUT2D eigenvalue weighted by atomic mass is 10.0. The molecule has 0 bridgehead atoms. The summed E-state index contributed by atoms with van der Waals surface area (Å²) in [5, 5.41) is 34.0. The Bertz CT molecular complexity index is 1320. The smallest absolute Gasteiger partial charge is 0.167 e. The first-order chi connectivity index (χ1) is 17.5. The Labute approximate surface area is 212 Å². The number of thioether (sulfide) groups is 1. The highest BCUT2D eigenvalue weighted by molar-refractivity contribution is 7.99. The summed E-state index contributed by atoms with van der Waals surface area (Å²) in [6.45, 7) is 1.51. The first-order valence-corrected chi connectivity index (χ1v) is 12.8. The van der Waals surface area contributed by atoms with E-state index in [2.05, 4.69) is 38.5 Å². The van der Waals surface area contributed by atoms with Gasteiger partial charge in [0, 0.05) is 24.6 Å². The fourth-order valence-corrected chi connectivity index (χ4v) is 5.21. The number of imidazole rings is 1. The van der Waals surface area contributed by atoms with Crippen LogP contribution in [0.25, 0.3) is 22.3 Å². The average Bonchev–Trinajstić information content (AvgIpc) is 3.44. The van der Waals surface area contributed by atoms with Crippen LogP contribution in [0.1, 0.15) is 11.8 Å². The molecular weight excluding hydrogens is 480 g/mol. The van der Waals surface area contributed by atoms with Crippen LogP contribution in [0.4, 0.5) is 5.82 Å². The maximum absolute atomic E-state index is 10.6. The van der Waals surface area contributed by atoms with Crippen LogP contribution in [0.15, 0.2) is 61.2 Å². The number of nitrogens with one attached hydrogen (secondary N) is 1. The molecule has 11 heteroatoms. The molecule has 1 saturated heterocycles. The Balaban J connectivity index is 1.09. The largest absolute Gasteiger partial charge is 0.508 e. The van der Waals surface area contributed by atoms with Gasteiger partial charge in [0.2, 0.25) is 0 Å². The Morgan fingerprint density at radius 2 is 1.86 bits per heavy atom. The number of nitrogen functional groups attached to an aromatic ring is 1. The van der Waals surface area contributed by atoms with Crippen LogP contribution < -0.4 is 11.1 Å². The number of hydrogen-bond acceptors (Lipinski definition) is 10. The van der Waals surface area contributed by atoms with Gasteiger partial charge in [0.1, 0.15) is 29.8 Å². The fraction of sp³-hybridized carbons (Fsp3) is 0.320. The molecule has 0 aliphatic carbocycles. The monoisotopic (exact) mass is 508 g/mol. The van der Waals surface area contributed by atoms with Crippen LogP contribution in [0.2, 0.25) is 0 Å². The normalized spacial score (nSPS) is 21.8. The Morgan fingerprint density at radius 1 is 1.03 bits per heavy atom. The molecule has 6 N–H and O–H groups in total. The number of aromatic nitrogens is 4. The van der Waals surface area contributed by atoms with E-state index in [0.29, 0.717) is 16.9 Å². The molecule has 2 aromatic heterocycles. The van der Waals surface area contributed by atoms with E-state index in [1.165, 1.54) is 18.2 Å². The molecule has 5 rings (SSSR count). The lowest BCUT2D eigenvalue weighted by Crippen LogP contribution is -2.32. The summed E-state index contributed by atoms with van der Waals surface area (Å²) in [6, 6.07) is 15.5. The molecule has 0 spiro atoms. The summed E-state index contributed by atoms with van der Waals surface area (Å²) in [4.78, 5) is 12.3. The topological polar surface area (TPSA) is 152 Å². The molecule has 4 aromatic rings. The number of benzene rings is 2. The molecule has 10 nitrogen and oxygen atoms in total. The second-order valence-corrected chi connectivity index (χ2v) is 9.78. The number of phenols is 1. The van der Waals surface area contributed by atoms with Crippen molar-refractivity contribution in [2.75, 3.05) is 23.8 Å². The van der Waals surface area contributed by atoms with Crippen LogP contribution in [0.3, 0.4) is 0 Å². The number of rotatable bonds is 9. The molecular formula is C25H28N6O4S. The number of nitrogens with two attached hydrogens (primary N) is 1. The number of phenolic OH excluding ortho intramolecular Hbond substituents is 1. The van der Waals surface area contributed by atoms with Gasteiger partial charge in [0.05, 0.1) is 12.4 Å². The molecule has 188 valence electrons. The number of anilines is 1. The third-order valence-electron chi connectivity index (χ3n) is 6.16. The van der Waals surface area contributed by atoms with Crippen molar-refractivity contribution in [1.82, 2.24) is 24.8 Å². The van der Waals surface area contributed by atoms with Crippen LogP contribution in [-0.2, 0) is 11.3 Å². The standard InChI is InChI=1S/C25H28N6O4S/c26-23-20-24(29-13-28-23)31(14-30-20)25-22(34)21(33)19(35-25)12-36-9-8-27-11-15-2-1-3-17(10-15)16-4-6-18(32)7-5-16/h1-7,10,13-14,19,21-22,25,27,32-34H,8-9,11-12H2,(H2,26,28,29)/t19-,21-,22-,25-/m1/s1. The molecule has 1 fully saturated rings. The van der Waals surface area contributed by atoms with E-state index in [4.69, 9.17) is 10.5 Å². The Kier molecular flexibility index (Phi) is 7.35. The molecule has 2 aromatic carbocycles. The number of aromatic hydroxyl groups is 1. The van der Waals surface area contributed by atoms with Crippen LogP contribution in [0.5, 0.6) is 5.75 Å². The van der Waals surface area contributed by atoms with Gasteiger partial charge in [-0.2, -0.15) is 11.8 Å². The van der Waals surface area contributed by atoms with E-state index >= 15 is 0 Å². The fourth-order valence-electron chi connectivity index (χ4n) is 4.24. The zero-order valence-electron chi connectivity index (χ0n) is 19.4. The number of fused-ring (bicyclic) bond motifs is 1. The first kappa shape index (κ1) is 24.5. The van der Waals surface area contributed by atoms with Gasteiger partial charge in [0.25, 0.3) is 0 Å². The summed E-state index contributed by atoms with van der Waals surface area (Å²) in [5.74, 6) is 1.86. The zero-order chi connectivity index (χ0) is 25.1. The third-order valence-corrected chi connectivity index (χ3v) is 7.22. The summed E-state index contributed by atoms with van der Waals surface area (Å²) in [6.07, 6.45) is -0.625. The summed E-state index contributed by atoms with van der Waals surface area (Å²) < 4.78 is 7.56. The molecule has 0 unspecified atom stereocenters. The SMILES string of the molecule is Nc1ncnc2c1ncn2[C@@H]1O[C@H](CSCCNCc2cccc(-c3ccc(O)cc3)c2)[C@@H](O)[C@H]1O. The molecule has 36 heavy (non-hydrogen) atoms. The minimum Gasteiger partial charge on any atom is -0.508 e. The highest BCUT2D eigenvalue weighted by Gasteiger charge is 2.44. The lowest BCUT2D eigenvalue weighted by molar-refractivity contribution is -0.0289.